The van der Waals surface area contributed by atoms with Crippen LogP contribution in [-0.2, 0) is 33.9 Å². The van der Waals surface area contributed by atoms with Crippen molar-refractivity contribution in [3.05, 3.63) is 124 Å². The van der Waals surface area contributed by atoms with Crippen LogP contribution < -0.4 is 16.2 Å². The van der Waals surface area contributed by atoms with Crippen LogP contribution >= 0.6 is 0 Å². The Morgan fingerprint density at radius 3 is 2.04 bits per heavy atom. The zero-order valence-corrected chi connectivity index (χ0v) is 23.4. The molecule has 13 heteroatoms. The Hall–Kier alpha value is -5.72. The molecule has 1 heterocycles. The summed E-state index contributed by atoms with van der Waals surface area (Å²) in [5.74, 6) is -4.31. The Morgan fingerprint density at radius 2 is 1.44 bits per heavy atom. The van der Waals surface area contributed by atoms with E-state index in [1.165, 1.54) is 48.5 Å². The van der Waals surface area contributed by atoms with Crippen LogP contribution in [0.5, 0.6) is 0 Å². The number of hydrogen-bond donors (Lipinski definition) is 3. The highest BCUT2D eigenvalue weighted by Crippen LogP contribution is 2.22. The quantitative estimate of drug-likeness (QED) is 0.218. The topological polar surface area (TPSA) is 144 Å². The van der Waals surface area contributed by atoms with Crippen LogP contribution in [-0.4, -0.2) is 45.6 Å². The minimum absolute atomic E-state index is 0.0421. The highest BCUT2D eigenvalue weighted by Gasteiger charge is 2.44. The van der Waals surface area contributed by atoms with Gasteiger partial charge in [-0.3, -0.25) is 24.3 Å². The van der Waals surface area contributed by atoms with Crippen molar-refractivity contribution in [1.29, 1.82) is 0 Å². The summed E-state index contributed by atoms with van der Waals surface area (Å²) in [6.45, 7) is -1.03. The summed E-state index contributed by atoms with van der Waals surface area (Å²) in [7, 11) is 0. The van der Waals surface area contributed by atoms with Gasteiger partial charge < -0.3 is 15.2 Å². The zero-order valence-electron chi connectivity index (χ0n) is 23.4. The summed E-state index contributed by atoms with van der Waals surface area (Å²) in [6, 6.07) is 22.5. The Balaban J connectivity index is 1.56. The number of carboxylic acid groups (broad SMARTS) is 1. The lowest BCUT2D eigenvalue weighted by Gasteiger charge is -2.21. The number of halogens is 3. The van der Waals surface area contributed by atoms with Crippen molar-refractivity contribution < 1.29 is 42.2 Å². The molecule has 0 radical (unpaired) electrons. The highest BCUT2D eigenvalue weighted by atomic mass is 19.4. The lowest BCUT2D eigenvalue weighted by molar-refractivity contribution is -0.173. The van der Waals surface area contributed by atoms with E-state index in [1.807, 2.05) is 0 Å². The van der Waals surface area contributed by atoms with Crippen LogP contribution in [0, 0.1) is 0 Å². The smallest absolute Gasteiger partial charge is 0.452 e. The number of Topliss-reactive ketones (excluding diaryl/α,β-unsaturated/α-hetero) is 1. The molecule has 3 aromatic carbocycles. The van der Waals surface area contributed by atoms with Gasteiger partial charge in [0, 0.05) is 6.42 Å². The van der Waals surface area contributed by atoms with E-state index in [-0.39, 0.29) is 23.6 Å². The normalized spacial score (nSPS) is 11.7. The van der Waals surface area contributed by atoms with Crippen molar-refractivity contribution in [1.82, 2.24) is 9.88 Å². The molecule has 10 nitrogen and oxygen atoms in total. The number of ketones is 1. The zero-order chi connectivity index (χ0) is 32.6. The number of nitrogens with zero attached hydrogens (tertiary/aromatic N) is 1. The number of nitrogens with one attached hydrogen (secondary N) is 2. The molecule has 0 saturated heterocycles. The number of aromatic nitrogens is 1. The van der Waals surface area contributed by atoms with Gasteiger partial charge in [0.05, 0.1) is 11.3 Å². The largest absolute Gasteiger partial charge is 0.478 e. The predicted molar refractivity (Wildman–Crippen MR) is 156 cm³/mol. The van der Waals surface area contributed by atoms with Gasteiger partial charge in [0.2, 0.25) is 5.91 Å². The average Bonchev–Trinajstić information content (AvgIpc) is 3.02. The number of carboxylic acids is 1. The van der Waals surface area contributed by atoms with E-state index in [9.17, 15) is 37.1 Å². The second kappa shape index (κ2) is 14.2. The molecule has 232 valence electrons. The molecule has 1 unspecified atom stereocenters. The molecular formula is C32H26F3N3O7. The molecule has 4 aromatic rings. The maximum Gasteiger partial charge on any atom is 0.452 e. The lowest BCUT2D eigenvalue weighted by atomic mass is 10.0. The fraction of sp³-hybridized carbons (Fsp3) is 0.156. The van der Waals surface area contributed by atoms with Crippen molar-refractivity contribution in [3.8, 4) is 11.3 Å². The molecule has 0 saturated carbocycles. The van der Waals surface area contributed by atoms with Crippen LogP contribution in [0.4, 0.5) is 23.7 Å². The molecule has 1 atom stereocenters. The molecule has 0 aliphatic carbocycles. The van der Waals surface area contributed by atoms with Gasteiger partial charge in [-0.1, -0.05) is 72.8 Å². The maximum absolute atomic E-state index is 13.5. The van der Waals surface area contributed by atoms with Gasteiger partial charge >= 0.3 is 18.2 Å². The molecule has 0 aliphatic rings. The van der Waals surface area contributed by atoms with Crippen molar-refractivity contribution in [2.45, 2.75) is 31.8 Å². The summed E-state index contributed by atoms with van der Waals surface area (Å²) in [6.07, 6.45) is -6.68. The first-order chi connectivity index (χ1) is 21.4. The van der Waals surface area contributed by atoms with E-state index in [4.69, 9.17) is 9.84 Å². The number of alkyl halides is 3. The number of benzene rings is 3. The van der Waals surface area contributed by atoms with Crippen LogP contribution in [0.2, 0.25) is 0 Å². The van der Waals surface area contributed by atoms with Crippen LogP contribution in [0.1, 0.15) is 21.5 Å². The first-order valence-electron chi connectivity index (χ1n) is 13.4. The number of ether oxygens (including phenoxy) is 1. The second-order valence-corrected chi connectivity index (χ2v) is 9.76. The third kappa shape index (κ3) is 8.66. The van der Waals surface area contributed by atoms with Crippen molar-refractivity contribution in [3.63, 3.8) is 0 Å². The number of pyridine rings is 1. The van der Waals surface area contributed by atoms with E-state index >= 15 is 0 Å². The fourth-order valence-corrected chi connectivity index (χ4v) is 4.37. The van der Waals surface area contributed by atoms with E-state index in [0.717, 1.165) is 4.57 Å². The van der Waals surface area contributed by atoms with Gasteiger partial charge in [0.1, 0.15) is 24.9 Å². The Kier molecular flexibility index (Phi) is 10.1. The van der Waals surface area contributed by atoms with E-state index in [2.05, 4.69) is 10.6 Å². The van der Waals surface area contributed by atoms with Gasteiger partial charge in [-0.15, -0.1) is 0 Å². The van der Waals surface area contributed by atoms with Crippen molar-refractivity contribution in [2.75, 3.05) is 5.32 Å². The summed E-state index contributed by atoms with van der Waals surface area (Å²) in [4.78, 5) is 62.3. The third-order valence-corrected chi connectivity index (χ3v) is 6.57. The summed E-state index contributed by atoms with van der Waals surface area (Å²) in [5.41, 5.74) is 0.452. The number of aromatic carboxylic acids is 1. The molecule has 0 spiro atoms. The number of amides is 2. The minimum Gasteiger partial charge on any atom is -0.478 e. The van der Waals surface area contributed by atoms with Crippen molar-refractivity contribution >= 4 is 29.4 Å². The van der Waals surface area contributed by atoms with E-state index in [1.54, 1.807) is 48.5 Å². The molecule has 1 aromatic heterocycles. The highest BCUT2D eigenvalue weighted by molar-refractivity contribution is 5.93. The summed E-state index contributed by atoms with van der Waals surface area (Å²) >= 11 is 0. The van der Waals surface area contributed by atoms with Gasteiger partial charge in [-0.05, 0) is 41.0 Å². The van der Waals surface area contributed by atoms with Crippen LogP contribution in [0.15, 0.2) is 102 Å². The van der Waals surface area contributed by atoms with Gasteiger partial charge in [0.25, 0.3) is 11.3 Å². The summed E-state index contributed by atoms with van der Waals surface area (Å²) < 4.78 is 46.3. The lowest BCUT2D eigenvalue weighted by Crippen LogP contribution is -2.49. The van der Waals surface area contributed by atoms with Gasteiger partial charge in [-0.25, -0.2) is 9.59 Å². The molecule has 0 aliphatic heterocycles. The van der Waals surface area contributed by atoms with Crippen molar-refractivity contribution in [2.24, 2.45) is 0 Å². The monoisotopic (exact) mass is 621 g/mol. The molecule has 2 amide bonds. The SMILES string of the molecule is O=C(Cn1c(-c2ccccc2)ccc(NC(=O)OCc2ccc(C(=O)O)cc2)c1=O)NC(Cc1ccccc1)C(=O)C(F)(F)F. The second-order valence-electron chi connectivity index (χ2n) is 9.76. The first kappa shape index (κ1) is 32.2. The number of rotatable bonds is 11. The third-order valence-electron chi connectivity index (χ3n) is 6.57. The predicted octanol–water partition coefficient (Wildman–Crippen LogP) is 4.82. The Labute approximate surface area is 254 Å². The van der Waals surface area contributed by atoms with Gasteiger partial charge in [-0.2, -0.15) is 13.2 Å². The standard InChI is InChI=1S/C32H26F3N3O7/c33-32(34,35)28(40)25(17-20-7-3-1-4-8-20)36-27(39)18-38-26(22-9-5-2-6-10-22)16-15-24(29(38)41)37-31(44)45-19-21-11-13-23(14-12-21)30(42)43/h1-16,25H,17-19H2,(H,36,39)(H,37,44)(H,42,43). The molecular weight excluding hydrogens is 595 g/mol. The molecule has 3 N–H and O–H groups in total. The number of anilines is 1. The Morgan fingerprint density at radius 1 is 0.822 bits per heavy atom. The van der Waals surface area contributed by atoms with Gasteiger partial charge in [0.15, 0.2) is 0 Å². The molecule has 0 fully saturated rings. The average molecular weight is 622 g/mol. The molecule has 4 rings (SSSR count). The molecule has 45 heavy (non-hydrogen) atoms. The van der Waals surface area contributed by atoms with E-state index in [0.29, 0.717) is 16.7 Å². The number of hydrogen-bond acceptors (Lipinski definition) is 6. The summed E-state index contributed by atoms with van der Waals surface area (Å²) in [5, 5.41) is 13.4. The molecule has 0 bridgehead atoms. The number of carbonyl (C=O) groups is 4. The van der Waals surface area contributed by atoms with Crippen LogP contribution in [0.25, 0.3) is 11.3 Å². The first-order valence-corrected chi connectivity index (χ1v) is 13.4. The minimum atomic E-state index is -5.22. The van der Waals surface area contributed by atoms with Crippen LogP contribution in [0.3, 0.4) is 0 Å². The van der Waals surface area contributed by atoms with E-state index < -0.39 is 54.5 Å². The fourth-order valence-electron chi connectivity index (χ4n) is 4.37. The maximum atomic E-state index is 13.5. The number of carbonyl (C=O) groups excluding carboxylic acids is 3. The Bertz CT molecular complexity index is 1740.